The first-order valence-electron chi connectivity index (χ1n) is 17.5. The molecule has 0 saturated carbocycles. The van der Waals surface area contributed by atoms with E-state index in [9.17, 15) is 19.8 Å². The zero-order valence-corrected chi connectivity index (χ0v) is 35.3. The number of rotatable bonds is 5. The highest BCUT2D eigenvalue weighted by Crippen LogP contribution is 2.51. The minimum Gasteiger partial charge on any atom is -1.00 e. The Morgan fingerprint density at radius 1 is 0.827 bits per heavy atom. The van der Waals surface area contributed by atoms with E-state index in [0.717, 1.165) is 64.3 Å². The minimum atomic E-state index is -0.711. The molecule has 3 aliphatic rings. The van der Waals surface area contributed by atoms with E-state index in [1.54, 1.807) is 12.1 Å². The number of hydrogen-bond acceptors (Lipinski definition) is 7. The van der Waals surface area contributed by atoms with Crippen LogP contribution in [0.25, 0.3) is 0 Å². The Hall–Kier alpha value is -3.57. The summed E-state index contributed by atoms with van der Waals surface area (Å²) < 4.78 is 13.4. The lowest BCUT2D eigenvalue weighted by Gasteiger charge is -2.26. The number of anilines is 1. The van der Waals surface area contributed by atoms with Gasteiger partial charge in [-0.05, 0) is 110 Å². The van der Waals surface area contributed by atoms with Crippen LogP contribution in [0.2, 0.25) is 0 Å². The molecule has 1 aliphatic carbocycles. The number of carbonyl (C=O) groups is 2. The van der Waals surface area contributed by atoms with Crippen molar-refractivity contribution < 1.29 is 57.8 Å². The van der Waals surface area contributed by atoms with Crippen LogP contribution in [0.4, 0.5) is 11.4 Å². The van der Waals surface area contributed by atoms with Gasteiger partial charge in [-0.3, -0.25) is 0 Å². The number of phenolic OH excluding ortho intramolecular Hbond substituents is 2. The lowest BCUT2D eigenvalue weighted by Crippen LogP contribution is -3.00. The molecule has 0 radical (unpaired) electrons. The van der Waals surface area contributed by atoms with Crippen LogP contribution in [0.5, 0.6) is 11.5 Å². The Morgan fingerprint density at radius 3 is 1.92 bits per heavy atom. The zero-order valence-electron chi connectivity index (χ0n) is 32.4. The fourth-order valence-electron chi connectivity index (χ4n) is 7.62. The van der Waals surface area contributed by atoms with E-state index in [4.69, 9.17) is 21.1 Å². The number of esters is 2. The number of carbonyl (C=O) groups excluding carboxylic acids is 2. The third-order valence-electron chi connectivity index (χ3n) is 9.85. The normalized spacial score (nSPS) is 19.7. The summed E-state index contributed by atoms with van der Waals surface area (Å²) >= 11 is 7.12. The van der Waals surface area contributed by atoms with Crippen LogP contribution in [0, 0.1) is 0 Å². The molecule has 8 nitrogen and oxygen atoms in total. The van der Waals surface area contributed by atoms with Crippen LogP contribution in [0.1, 0.15) is 120 Å². The molecule has 52 heavy (non-hydrogen) atoms. The molecule has 5 rings (SSSR count). The molecule has 0 atom stereocenters. The van der Waals surface area contributed by atoms with Crippen molar-refractivity contribution in [1.82, 2.24) is 0 Å². The fourth-order valence-corrected chi connectivity index (χ4v) is 7.93. The third-order valence-corrected chi connectivity index (χ3v) is 10.3. The second-order valence-electron chi connectivity index (χ2n) is 16.7. The zero-order chi connectivity index (χ0) is 38.0. The van der Waals surface area contributed by atoms with Crippen LogP contribution in [-0.4, -0.2) is 57.7 Å². The van der Waals surface area contributed by atoms with Gasteiger partial charge in [-0.25, -0.2) is 9.59 Å². The molecule has 2 aromatic carbocycles. The number of ether oxygens (including phenoxy) is 2. The Morgan fingerprint density at radius 2 is 1.37 bits per heavy atom. The van der Waals surface area contributed by atoms with Crippen LogP contribution >= 0.6 is 11.6 Å². The second-order valence-corrected chi connectivity index (χ2v) is 17.1. The summed E-state index contributed by atoms with van der Waals surface area (Å²) in [5.74, 6) is -1.31. The van der Waals surface area contributed by atoms with Crippen LogP contribution in [0.3, 0.4) is 0 Å². The van der Waals surface area contributed by atoms with Gasteiger partial charge in [0.05, 0.1) is 11.0 Å². The molecule has 0 saturated heterocycles. The van der Waals surface area contributed by atoms with E-state index >= 15 is 0 Å². The van der Waals surface area contributed by atoms with E-state index < -0.39 is 34.0 Å². The number of benzene rings is 2. The Balaban J connectivity index is 0.00000605. The van der Waals surface area contributed by atoms with Crippen molar-refractivity contribution >= 4 is 40.6 Å². The number of allylic oxidation sites excluding steroid dienone is 8. The van der Waals surface area contributed by atoms with Gasteiger partial charge in [0.15, 0.2) is 5.71 Å². The van der Waals surface area contributed by atoms with Gasteiger partial charge >= 0.3 is 11.9 Å². The molecule has 0 amide bonds. The third kappa shape index (κ3) is 7.58. The van der Waals surface area contributed by atoms with E-state index in [2.05, 4.69) is 33.8 Å². The number of likely N-dealkylation sites (N-methyl/N-ethyl adjacent to an activating group) is 1. The number of fused-ring (bicyclic) bond motifs is 2. The highest BCUT2D eigenvalue weighted by Gasteiger charge is 2.48. The van der Waals surface area contributed by atoms with Gasteiger partial charge in [0.25, 0.3) is 0 Å². The standard InChI is InChI=1S/C42H51ClN2O6.HI/c1-39(2,3)50-37(48)32-28(46)20-18-26-34(32)41(7,8)30(44(26)11)22-16-24-14-13-15-25(36(24)43)17-23-31-42(9,10)35-27(45(31)12)19-21-29(47)33(35)38(49)51-40(4,5)6;/h16-23H,13-15H2,1-12H3,(H-,46,47,48,49);1H. The molecule has 0 aromatic heterocycles. The fraction of sp³-hybridized carbons (Fsp3) is 0.452. The molecule has 2 aliphatic heterocycles. The van der Waals surface area contributed by atoms with Crippen molar-refractivity contribution in [2.45, 2.75) is 111 Å². The van der Waals surface area contributed by atoms with Crippen molar-refractivity contribution in [3.63, 3.8) is 0 Å². The van der Waals surface area contributed by atoms with E-state index in [1.165, 1.54) is 0 Å². The Labute approximate surface area is 330 Å². The average molecular weight is 843 g/mol. The van der Waals surface area contributed by atoms with Gasteiger partial charge in [-0.1, -0.05) is 37.6 Å². The van der Waals surface area contributed by atoms with Crippen LogP contribution in [-0.2, 0) is 20.3 Å². The summed E-state index contributed by atoms with van der Waals surface area (Å²) in [6.07, 6.45) is 10.8. The van der Waals surface area contributed by atoms with Crippen molar-refractivity contribution in [2.24, 2.45) is 0 Å². The molecule has 280 valence electrons. The molecule has 0 fully saturated rings. The van der Waals surface area contributed by atoms with Crippen molar-refractivity contribution in [3.05, 3.63) is 92.7 Å². The van der Waals surface area contributed by atoms with Crippen LogP contribution in [0.15, 0.2) is 70.4 Å². The van der Waals surface area contributed by atoms with Gasteiger partial charge in [-0.2, -0.15) is 4.58 Å². The largest absolute Gasteiger partial charge is 1.00 e. The molecule has 0 unspecified atom stereocenters. The summed E-state index contributed by atoms with van der Waals surface area (Å²) in [5, 5.41) is 22.4. The first kappa shape index (κ1) is 41.2. The van der Waals surface area contributed by atoms with Gasteiger partial charge in [0.2, 0.25) is 5.69 Å². The first-order chi connectivity index (χ1) is 23.5. The maximum absolute atomic E-state index is 13.3. The topological polar surface area (TPSA) is 99.3 Å². The summed E-state index contributed by atoms with van der Waals surface area (Å²) in [6.45, 7) is 19.0. The predicted octanol–water partition coefficient (Wildman–Crippen LogP) is 6.49. The summed E-state index contributed by atoms with van der Waals surface area (Å²) in [7, 11) is 3.92. The molecule has 0 spiro atoms. The molecular weight excluding hydrogens is 791 g/mol. The number of hydrogen-bond donors (Lipinski definition) is 2. The maximum atomic E-state index is 13.3. The minimum absolute atomic E-state index is 0. The number of aromatic hydroxyl groups is 2. The first-order valence-corrected chi connectivity index (χ1v) is 17.9. The predicted molar refractivity (Wildman–Crippen MR) is 204 cm³/mol. The van der Waals surface area contributed by atoms with Gasteiger partial charge in [0, 0.05) is 46.6 Å². The number of halogens is 2. The van der Waals surface area contributed by atoms with Gasteiger partial charge in [0.1, 0.15) is 40.9 Å². The molecule has 2 N–H and O–H groups in total. The Kier molecular flexibility index (Phi) is 11.4. The molecule has 2 heterocycles. The SMILES string of the molecule is CN1/C(=C/C=C2\CCCC(/C=C/C3=[N+](C)c4ccc(O)c(C(=O)OC(C)(C)C)c4C3(C)C)=C2Cl)C(C)(C)c2c1ccc(O)c2C(=O)OC(C)(C)C.[I-]. The van der Waals surface area contributed by atoms with Crippen molar-refractivity contribution in [2.75, 3.05) is 19.0 Å². The molecule has 2 aromatic rings. The lowest BCUT2D eigenvalue weighted by atomic mass is 9.78. The molecule has 0 bridgehead atoms. The van der Waals surface area contributed by atoms with Crippen molar-refractivity contribution in [3.8, 4) is 11.5 Å². The van der Waals surface area contributed by atoms with E-state index in [1.807, 2.05) is 95.5 Å². The van der Waals surface area contributed by atoms with Crippen molar-refractivity contribution in [1.29, 1.82) is 0 Å². The maximum Gasteiger partial charge on any atom is 0.343 e. The second kappa shape index (κ2) is 14.3. The highest BCUT2D eigenvalue weighted by atomic mass is 127. The summed E-state index contributed by atoms with van der Waals surface area (Å²) in [6, 6.07) is 6.76. The summed E-state index contributed by atoms with van der Waals surface area (Å²) in [5.41, 5.74) is 4.77. The molecule has 10 heteroatoms. The van der Waals surface area contributed by atoms with Gasteiger partial charge < -0.3 is 48.6 Å². The summed E-state index contributed by atoms with van der Waals surface area (Å²) in [4.78, 5) is 28.7. The van der Waals surface area contributed by atoms with E-state index in [-0.39, 0.29) is 46.6 Å². The highest BCUT2D eigenvalue weighted by molar-refractivity contribution is 6.32. The Bertz CT molecular complexity index is 1990. The molecular formula is C42H52ClIN2O6. The smallest absolute Gasteiger partial charge is 0.343 e. The number of nitrogens with zero attached hydrogens (tertiary/aromatic N) is 2. The monoisotopic (exact) mass is 842 g/mol. The average Bonchev–Trinajstić information content (AvgIpc) is 3.30. The van der Waals surface area contributed by atoms with Crippen LogP contribution < -0.4 is 28.9 Å². The number of phenols is 2. The lowest BCUT2D eigenvalue weighted by molar-refractivity contribution is -0.401. The quantitative estimate of drug-likeness (QED) is 0.202. The van der Waals surface area contributed by atoms with Gasteiger partial charge in [-0.15, -0.1) is 0 Å². The van der Waals surface area contributed by atoms with E-state index in [0.29, 0.717) is 5.03 Å².